The molecule has 1 saturated heterocycles. The molecule has 0 aromatic heterocycles. The number of benzene rings is 2. The first-order valence-corrected chi connectivity index (χ1v) is 15.3. The molecule has 1 saturated carbocycles. The van der Waals surface area contributed by atoms with Crippen molar-refractivity contribution in [2.24, 2.45) is 11.8 Å². The molecule has 0 bridgehead atoms. The molecule has 0 spiro atoms. The van der Waals surface area contributed by atoms with Crippen molar-refractivity contribution >= 4 is 17.7 Å². The van der Waals surface area contributed by atoms with E-state index in [1.165, 1.54) is 41.0 Å². The van der Waals surface area contributed by atoms with Crippen molar-refractivity contribution in [3.8, 4) is 0 Å². The Morgan fingerprint density at radius 1 is 1.00 bits per heavy atom. The van der Waals surface area contributed by atoms with Crippen LogP contribution in [-0.4, -0.2) is 71.6 Å². The molecule has 2 heterocycles. The van der Waals surface area contributed by atoms with Gasteiger partial charge in [-0.2, -0.15) is 13.2 Å². The van der Waals surface area contributed by atoms with Gasteiger partial charge in [-0.1, -0.05) is 30.3 Å². The van der Waals surface area contributed by atoms with Crippen molar-refractivity contribution in [3.05, 3.63) is 64.7 Å². The van der Waals surface area contributed by atoms with E-state index in [9.17, 15) is 22.8 Å². The third kappa shape index (κ3) is 8.43. The number of halogens is 3. The lowest BCUT2D eigenvalue weighted by atomic mass is 9.97. The summed E-state index contributed by atoms with van der Waals surface area (Å²) in [4.78, 5) is 31.9. The number of carbonyl (C=O) groups excluding carboxylic acids is 2. The number of nitrogens with one attached hydrogen (secondary N) is 1. The summed E-state index contributed by atoms with van der Waals surface area (Å²) in [7, 11) is 0. The number of hydrogen-bond donors (Lipinski definition) is 1. The molecule has 2 amide bonds. The molecule has 5 rings (SSSR count). The molecular weight excluding hydrogens is 557 g/mol. The SMILES string of the molecule is CC(C)(C)OC(=O)N1CC[C@H](CN(Cc2ccccc2C(F)(F)F)C(=O)CNc2cccc3c2CCN(CC2CC2)C3)C1. The summed E-state index contributed by atoms with van der Waals surface area (Å²) in [6.45, 7) is 9.34. The van der Waals surface area contributed by atoms with Crippen molar-refractivity contribution in [2.45, 2.75) is 71.3 Å². The van der Waals surface area contributed by atoms with E-state index in [4.69, 9.17) is 4.74 Å². The fourth-order valence-corrected chi connectivity index (χ4v) is 6.12. The lowest BCUT2D eigenvalue weighted by molar-refractivity contribution is -0.139. The standard InChI is InChI=1S/C33H43F3N4O3/c1-32(2,3)43-31(42)39-16-13-24(19-39)20-40(22-26-7-4-5-9-28(26)33(34,35)36)30(41)17-37-29-10-6-8-25-21-38(15-14-27(25)29)18-23-11-12-23/h4-10,23-24,37H,11-22H2,1-3H3/t24-/m0/s1. The molecule has 0 radical (unpaired) electrons. The summed E-state index contributed by atoms with van der Waals surface area (Å²) >= 11 is 0. The Morgan fingerprint density at radius 3 is 2.49 bits per heavy atom. The van der Waals surface area contributed by atoms with Crippen LogP contribution in [0.15, 0.2) is 42.5 Å². The predicted octanol–water partition coefficient (Wildman–Crippen LogP) is 6.17. The molecule has 2 aromatic rings. The minimum absolute atomic E-state index is 0.0288. The fraction of sp³-hybridized carbons (Fsp3) is 0.576. The van der Waals surface area contributed by atoms with E-state index in [0.717, 1.165) is 43.7 Å². The summed E-state index contributed by atoms with van der Waals surface area (Å²) in [5.74, 6) is 0.470. The van der Waals surface area contributed by atoms with E-state index in [0.29, 0.717) is 19.5 Å². The minimum atomic E-state index is -4.53. The molecule has 2 fully saturated rings. The Kier molecular flexibility index (Phi) is 9.25. The molecule has 2 aromatic carbocycles. The average molecular weight is 601 g/mol. The molecule has 43 heavy (non-hydrogen) atoms. The summed E-state index contributed by atoms with van der Waals surface area (Å²) < 4.78 is 47.0. The van der Waals surface area contributed by atoms with E-state index in [-0.39, 0.29) is 37.0 Å². The van der Waals surface area contributed by atoms with Gasteiger partial charge in [-0.15, -0.1) is 0 Å². The highest BCUT2D eigenvalue weighted by Gasteiger charge is 2.35. The molecule has 0 unspecified atom stereocenters. The number of alkyl halides is 3. The second-order valence-electron chi connectivity index (χ2n) is 13.2. The summed E-state index contributed by atoms with van der Waals surface area (Å²) in [6.07, 6.45) is -0.776. The Hall–Kier alpha value is -3.27. The van der Waals surface area contributed by atoms with Crippen molar-refractivity contribution in [1.82, 2.24) is 14.7 Å². The van der Waals surface area contributed by atoms with Gasteiger partial charge in [-0.25, -0.2) is 4.79 Å². The molecule has 1 atom stereocenters. The fourth-order valence-electron chi connectivity index (χ4n) is 6.12. The van der Waals surface area contributed by atoms with Crippen LogP contribution in [0.1, 0.15) is 62.3 Å². The van der Waals surface area contributed by atoms with Crippen molar-refractivity contribution < 1.29 is 27.5 Å². The van der Waals surface area contributed by atoms with Gasteiger partial charge in [0.05, 0.1) is 12.1 Å². The van der Waals surface area contributed by atoms with Gasteiger partial charge >= 0.3 is 12.3 Å². The van der Waals surface area contributed by atoms with E-state index in [1.807, 2.05) is 12.1 Å². The molecule has 3 aliphatic rings. The van der Waals surface area contributed by atoms with Gasteiger partial charge in [0.2, 0.25) is 5.91 Å². The van der Waals surface area contributed by atoms with Crippen molar-refractivity contribution in [3.63, 3.8) is 0 Å². The third-order valence-electron chi connectivity index (χ3n) is 8.44. The van der Waals surface area contributed by atoms with E-state index in [2.05, 4.69) is 16.3 Å². The van der Waals surface area contributed by atoms with Crippen LogP contribution in [0.25, 0.3) is 0 Å². The molecule has 2 aliphatic heterocycles. The lowest BCUT2D eigenvalue weighted by Crippen LogP contribution is -2.40. The largest absolute Gasteiger partial charge is 0.444 e. The van der Waals surface area contributed by atoms with Crippen LogP contribution in [0, 0.1) is 11.8 Å². The van der Waals surface area contributed by atoms with Gasteiger partial charge in [0.1, 0.15) is 5.60 Å². The average Bonchev–Trinajstić information content (AvgIpc) is 3.63. The number of fused-ring (bicyclic) bond motifs is 1. The number of carbonyl (C=O) groups is 2. The highest BCUT2D eigenvalue weighted by atomic mass is 19.4. The maximum absolute atomic E-state index is 13.8. The predicted molar refractivity (Wildman–Crippen MR) is 159 cm³/mol. The molecular formula is C33H43F3N4O3. The van der Waals surface area contributed by atoms with Gasteiger partial charge < -0.3 is 19.9 Å². The number of hydrogen-bond acceptors (Lipinski definition) is 5. The number of anilines is 1. The van der Waals surface area contributed by atoms with Crippen molar-refractivity contribution in [2.75, 3.05) is 44.6 Å². The first-order valence-electron chi connectivity index (χ1n) is 15.3. The van der Waals surface area contributed by atoms with Crippen molar-refractivity contribution in [1.29, 1.82) is 0 Å². The van der Waals surface area contributed by atoms with Crippen LogP contribution in [0.5, 0.6) is 0 Å². The van der Waals surface area contributed by atoms with Gasteiger partial charge in [0.15, 0.2) is 0 Å². The zero-order valence-corrected chi connectivity index (χ0v) is 25.4. The van der Waals surface area contributed by atoms with Crippen LogP contribution in [0.3, 0.4) is 0 Å². The van der Waals surface area contributed by atoms with Crippen LogP contribution < -0.4 is 5.32 Å². The van der Waals surface area contributed by atoms with Gasteiger partial charge in [0, 0.05) is 51.5 Å². The van der Waals surface area contributed by atoms with Gasteiger partial charge in [-0.3, -0.25) is 9.69 Å². The number of ether oxygens (including phenoxy) is 1. The highest BCUT2D eigenvalue weighted by molar-refractivity contribution is 5.81. The van der Waals surface area contributed by atoms with E-state index in [1.54, 1.807) is 31.7 Å². The van der Waals surface area contributed by atoms with Crippen LogP contribution >= 0.6 is 0 Å². The second-order valence-corrected chi connectivity index (χ2v) is 13.2. The molecule has 7 nitrogen and oxygen atoms in total. The van der Waals surface area contributed by atoms with Gasteiger partial charge in [0.25, 0.3) is 0 Å². The molecule has 1 N–H and O–H groups in total. The Morgan fingerprint density at radius 2 is 1.77 bits per heavy atom. The van der Waals surface area contributed by atoms with Crippen LogP contribution in [-0.2, 0) is 35.2 Å². The Labute approximate surface area is 252 Å². The molecule has 1 aliphatic carbocycles. The highest BCUT2D eigenvalue weighted by Crippen LogP contribution is 2.34. The number of nitrogens with zero attached hydrogens (tertiary/aromatic N) is 3. The summed E-state index contributed by atoms with van der Waals surface area (Å²) in [5.41, 5.74) is 2.06. The smallest absolute Gasteiger partial charge is 0.416 e. The first kappa shape index (κ1) is 31.2. The van der Waals surface area contributed by atoms with Crippen LogP contribution in [0.2, 0.25) is 0 Å². The molecule has 234 valence electrons. The third-order valence-corrected chi connectivity index (χ3v) is 8.44. The topological polar surface area (TPSA) is 65.1 Å². The van der Waals surface area contributed by atoms with Gasteiger partial charge in [-0.05, 0) is 87.1 Å². The summed E-state index contributed by atoms with van der Waals surface area (Å²) in [6, 6.07) is 11.5. The number of rotatable bonds is 9. The number of amides is 2. The first-order chi connectivity index (χ1) is 20.4. The minimum Gasteiger partial charge on any atom is -0.444 e. The van der Waals surface area contributed by atoms with E-state index < -0.39 is 23.4 Å². The maximum Gasteiger partial charge on any atom is 0.416 e. The number of likely N-dealkylation sites (tertiary alicyclic amines) is 1. The monoisotopic (exact) mass is 600 g/mol. The zero-order chi connectivity index (χ0) is 30.8. The molecule has 10 heteroatoms. The Bertz CT molecular complexity index is 1310. The van der Waals surface area contributed by atoms with Crippen LogP contribution in [0.4, 0.5) is 23.7 Å². The lowest BCUT2D eigenvalue weighted by Gasteiger charge is -2.31. The van der Waals surface area contributed by atoms with E-state index >= 15 is 0 Å². The maximum atomic E-state index is 13.8. The Balaban J connectivity index is 1.28. The second kappa shape index (κ2) is 12.8. The normalized spacial score (nSPS) is 19.2. The zero-order valence-electron chi connectivity index (χ0n) is 25.4. The summed E-state index contributed by atoms with van der Waals surface area (Å²) in [5, 5.41) is 3.31. The quantitative estimate of drug-likeness (QED) is 0.373.